The third kappa shape index (κ3) is 5.00. The molecule has 0 bridgehead atoms. The maximum Gasteiger partial charge on any atom is 0.337 e. The lowest BCUT2D eigenvalue weighted by Crippen LogP contribution is -2.00. The molecular formula is C13H15NO2. The summed E-state index contributed by atoms with van der Waals surface area (Å²) >= 11 is 0. The van der Waals surface area contributed by atoms with E-state index in [1.807, 2.05) is 30.3 Å². The van der Waals surface area contributed by atoms with Gasteiger partial charge in [0, 0.05) is 11.8 Å². The quantitative estimate of drug-likeness (QED) is 0.477. The SMILES string of the molecule is C/C(N)=C/C(=O)OC=CCc1ccccc1. The molecule has 84 valence electrons. The largest absolute Gasteiger partial charge is 0.432 e. The zero-order valence-electron chi connectivity index (χ0n) is 9.22. The zero-order valence-corrected chi connectivity index (χ0v) is 9.22. The Morgan fingerprint density at radius 1 is 1.38 bits per heavy atom. The summed E-state index contributed by atoms with van der Waals surface area (Å²) in [5.74, 6) is -0.454. The van der Waals surface area contributed by atoms with Gasteiger partial charge < -0.3 is 10.5 Å². The van der Waals surface area contributed by atoms with Crippen LogP contribution in [0.5, 0.6) is 0 Å². The molecule has 0 aromatic heterocycles. The van der Waals surface area contributed by atoms with Crippen molar-refractivity contribution in [3.8, 4) is 0 Å². The molecule has 3 nitrogen and oxygen atoms in total. The summed E-state index contributed by atoms with van der Waals surface area (Å²) in [4.78, 5) is 11.0. The second-order valence-corrected chi connectivity index (χ2v) is 3.39. The van der Waals surface area contributed by atoms with E-state index in [0.717, 1.165) is 6.42 Å². The van der Waals surface area contributed by atoms with E-state index < -0.39 is 5.97 Å². The summed E-state index contributed by atoms with van der Waals surface area (Å²) < 4.78 is 4.80. The smallest absolute Gasteiger partial charge is 0.337 e. The lowest BCUT2D eigenvalue weighted by Gasteiger charge is -1.95. The van der Waals surface area contributed by atoms with E-state index in [2.05, 4.69) is 0 Å². The van der Waals surface area contributed by atoms with Crippen molar-refractivity contribution in [2.75, 3.05) is 0 Å². The minimum Gasteiger partial charge on any atom is -0.432 e. The van der Waals surface area contributed by atoms with Crippen LogP contribution in [-0.2, 0) is 16.0 Å². The van der Waals surface area contributed by atoms with Gasteiger partial charge in [-0.25, -0.2) is 4.79 Å². The number of carbonyl (C=O) groups excluding carboxylic acids is 1. The molecule has 1 aromatic carbocycles. The van der Waals surface area contributed by atoms with Gasteiger partial charge in [0.15, 0.2) is 0 Å². The molecule has 0 saturated heterocycles. The summed E-state index contributed by atoms with van der Waals surface area (Å²) in [6.07, 6.45) is 5.15. The molecule has 0 amide bonds. The fourth-order valence-electron chi connectivity index (χ4n) is 1.13. The highest BCUT2D eigenvalue weighted by Gasteiger charge is 1.93. The van der Waals surface area contributed by atoms with E-state index >= 15 is 0 Å². The minimum atomic E-state index is -0.454. The number of hydrogen-bond acceptors (Lipinski definition) is 3. The van der Waals surface area contributed by atoms with Crippen LogP contribution in [-0.4, -0.2) is 5.97 Å². The van der Waals surface area contributed by atoms with Crippen LogP contribution >= 0.6 is 0 Å². The summed E-state index contributed by atoms with van der Waals surface area (Å²) in [5.41, 5.74) is 6.92. The number of carbonyl (C=O) groups is 1. The monoisotopic (exact) mass is 217 g/mol. The number of ether oxygens (including phenoxy) is 1. The van der Waals surface area contributed by atoms with E-state index in [9.17, 15) is 4.79 Å². The predicted octanol–water partition coefficient (Wildman–Crippen LogP) is 2.15. The van der Waals surface area contributed by atoms with E-state index in [0.29, 0.717) is 5.70 Å². The first-order chi connectivity index (χ1) is 7.68. The second-order valence-electron chi connectivity index (χ2n) is 3.39. The molecule has 2 N–H and O–H groups in total. The van der Waals surface area contributed by atoms with Crippen LogP contribution in [0.2, 0.25) is 0 Å². The predicted molar refractivity (Wildman–Crippen MR) is 63.3 cm³/mol. The topological polar surface area (TPSA) is 52.3 Å². The van der Waals surface area contributed by atoms with E-state index in [-0.39, 0.29) is 0 Å². The highest BCUT2D eigenvalue weighted by molar-refractivity contribution is 5.82. The van der Waals surface area contributed by atoms with Gasteiger partial charge in [0.05, 0.1) is 6.26 Å². The van der Waals surface area contributed by atoms with Gasteiger partial charge in [-0.2, -0.15) is 0 Å². The Kier molecular flexibility index (Phi) is 4.86. The van der Waals surface area contributed by atoms with Crippen molar-refractivity contribution in [3.05, 3.63) is 60.0 Å². The van der Waals surface area contributed by atoms with Crippen LogP contribution in [0.4, 0.5) is 0 Å². The number of esters is 1. The fraction of sp³-hybridized carbons (Fsp3) is 0.154. The van der Waals surface area contributed by atoms with Gasteiger partial charge >= 0.3 is 5.97 Å². The van der Waals surface area contributed by atoms with Gasteiger partial charge in [0.2, 0.25) is 0 Å². The average Bonchev–Trinajstić information content (AvgIpc) is 2.25. The first-order valence-electron chi connectivity index (χ1n) is 5.02. The molecule has 0 unspecified atom stereocenters. The van der Waals surface area contributed by atoms with Gasteiger partial charge in [0.25, 0.3) is 0 Å². The van der Waals surface area contributed by atoms with Crippen molar-refractivity contribution in [1.82, 2.24) is 0 Å². The third-order valence-corrected chi connectivity index (χ3v) is 1.82. The highest BCUT2D eigenvalue weighted by Crippen LogP contribution is 2.00. The van der Waals surface area contributed by atoms with Crippen molar-refractivity contribution in [2.24, 2.45) is 5.73 Å². The van der Waals surface area contributed by atoms with Crippen LogP contribution < -0.4 is 5.73 Å². The first kappa shape index (κ1) is 12.0. The Morgan fingerprint density at radius 2 is 2.06 bits per heavy atom. The van der Waals surface area contributed by atoms with Gasteiger partial charge in [-0.3, -0.25) is 0 Å². The Hall–Kier alpha value is -2.03. The Bertz CT molecular complexity index is 390. The van der Waals surface area contributed by atoms with Gasteiger partial charge in [-0.15, -0.1) is 0 Å². The van der Waals surface area contributed by atoms with Crippen LogP contribution in [0.25, 0.3) is 0 Å². The maximum atomic E-state index is 11.0. The van der Waals surface area contributed by atoms with E-state index in [1.165, 1.54) is 17.9 Å². The molecular weight excluding hydrogens is 202 g/mol. The van der Waals surface area contributed by atoms with E-state index in [1.54, 1.807) is 13.0 Å². The average molecular weight is 217 g/mol. The third-order valence-electron chi connectivity index (χ3n) is 1.82. The van der Waals surface area contributed by atoms with Crippen molar-refractivity contribution in [1.29, 1.82) is 0 Å². The normalized spacial score (nSPS) is 11.7. The Morgan fingerprint density at radius 3 is 2.69 bits per heavy atom. The number of allylic oxidation sites excluding steroid dienone is 2. The van der Waals surface area contributed by atoms with Crippen LogP contribution in [0.15, 0.2) is 54.4 Å². The van der Waals surface area contributed by atoms with Gasteiger partial charge in [0.1, 0.15) is 0 Å². The molecule has 0 saturated carbocycles. The molecule has 0 fully saturated rings. The number of benzene rings is 1. The van der Waals surface area contributed by atoms with Crippen molar-refractivity contribution in [3.63, 3.8) is 0 Å². The lowest BCUT2D eigenvalue weighted by molar-refractivity contribution is -0.132. The second kappa shape index (κ2) is 6.45. The summed E-state index contributed by atoms with van der Waals surface area (Å²) in [7, 11) is 0. The first-order valence-corrected chi connectivity index (χ1v) is 5.02. The van der Waals surface area contributed by atoms with Crippen molar-refractivity contribution >= 4 is 5.97 Å². The molecule has 0 aliphatic heterocycles. The molecule has 0 aliphatic rings. The molecule has 1 aromatic rings. The minimum absolute atomic E-state index is 0.432. The van der Waals surface area contributed by atoms with Crippen LogP contribution in [0, 0.1) is 0 Å². The Balaban J connectivity index is 2.34. The highest BCUT2D eigenvalue weighted by atomic mass is 16.5. The number of hydrogen-bond donors (Lipinski definition) is 1. The lowest BCUT2D eigenvalue weighted by atomic mass is 10.2. The summed E-state index contributed by atoms with van der Waals surface area (Å²) in [6.45, 7) is 1.63. The maximum absolute atomic E-state index is 11.0. The van der Waals surface area contributed by atoms with Crippen molar-refractivity contribution in [2.45, 2.75) is 13.3 Å². The molecule has 16 heavy (non-hydrogen) atoms. The number of nitrogens with two attached hydrogens (primary N) is 1. The molecule has 0 aliphatic carbocycles. The molecule has 0 spiro atoms. The van der Waals surface area contributed by atoms with Gasteiger partial charge in [-0.1, -0.05) is 30.3 Å². The zero-order chi connectivity index (χ0) is 11.8. The molecule has 0 heterocycles. The molecule has 0 atom stereocenters. The van der Waals surface area contributed by atoms with Crippen LogP contribution in [0.1, 0.15) is 12.5 Å². The molecule has 1 rings (SSSR count). The molecule has 3 heteroatoms. The Labute approximate surface area is 95.2 Å². The van der Waals surface area contributed by atoms with E-state index in [4.69, 9.17) is 10.5 Å². The number of rotatable bonds is 4. The summed E-state index contributed by atoms with van der Waals surface area (Å²) in [6, 6.07) is 9.92. The van der Waals surface area contributed by atoms with Crippen LogP contribution in [0.3, 0.4) is 0 Å². The fourth-order valence-corrected chi connectivity index (χ4v) is 1.13. The van der Waals surface area contributed by atoms with Crippen molar-refractivity contribution < 1.29 is 9.53 Å². The van der Waals surface area contributed by atoms with Gasteiger partial charge in [-0.05, 0) is 25.0 Å². The molecule has 0 radical (unpaired) electrons. The standard InChI is InChI=1S/C13H15NO2/c1-11(14)10-13(15)16-9-5-8-12-6-3-2-4-7-12/h2-7,9-10H,8,14H2,1H3/b9-5?,11-10-. The summed E-state index contributed by atoms with van der Waals surface area (Å²) in [5, 5.41) is 0.